The van der Waals surface area contributed by atoms with E-state index in [1.165, 1.54) is 5.56 Å². The molecule has 1 aromatic rings. The zero-order chi connectivity index (χ0) is 36.9. The van der Waals surface area contributed by atoms with Crippen LogP contribution in [0.5, 0.6) is 0 Å². The molecule has 0 saturated heterocycles. The summed E-state index contributed by atoms with van der Waals surface area (Å²) in [6, 6.07) is 7.14. The Kier molecular flexibility index (Phi) is 12.1. The van der Waals surface area contributed by atoms with Crippen molar-refractivity contribution in [1.29, 1.82) is 0 Å². The number of amides is 3. The van der Waals surface area contributed by atoms with Gasteiger partial charge in [-0.1, -0.05) is 49.3 Å². The molecule has 2 heterocycles. The molecular weight excluding hydrogens is 652 g/mol. The summed E-state index contributed by atoms with van der Waals surface area (Å²) in [5.41, 5.74) is 0.192. The fraction of sp³-hybridized carbons (Fsp3) is 0.667. The maximum atomic E-state index is 14.0. The monoisotopic (exact) mass is 708 g/mol. The van der Waals surface area contributed by atoms with E-state index in [-0.39, 0.29) is 36.5 Å². The van der Waals surface area contributed by atoms with Crippen molar-refractivity contribution in [3.8, 4) is 0 Å². The van der Waals surface area contributed by atoms with Gasteiger partial charge in [-0.3, -0.25) is 14.5 Å². The maximum absolute atomic E-state index is 14.0. The van der Waals surface area contributed by atoms with Gasteiger partial charge in [-0.05, 0) is 103 Å². The fourth-order valence-corrected chi connectivity index (χ4v) is 8.00. The molecule has 2 fully saturated rings. The van der Waals surface area contributed by atoms with Gasteiger partial charge in [-0.15, -0.1) is 0 Å². The second-order valence-electron chi connectivity index (χ2n) is 16.2. The summed E-state index contributed by atoms with van der Waals surface area (Å²) in [7, 11) is 3.93. The van der Waals surface area contributed by atoms with Gasteiger partial charge >= 0.3 is 18.2 Å². The van der Waals surface area contributed by atoms with E-state index in [4.69, 9.17) is 9.47 Å². The molecule has 280 valence electrons. The summed E-state index contributed by atoms with van der Waals surface area (Å²) < 4.78 is 11.7. The van der Waals surface area contributed by atoms with Gasteiger partial charge in [0.15, 0.2) is 5.78 Å². The first-order valence-corrected chi connectivity index (χ1v) is 18.6. The minimum atomic E-state index is -1.36. The molecule has 2 saturated carbocycles. The first-order valence-electron chi connectivity index (χ1n) is 18.6. The van der Waals surface area contributed by atoms with Gasteiger partial charge < -0.3 is 30.1 Å². The van der Waals surface area contributed by atoms with Crippen molar-refractivity contribution in [2.24, 2.45) is 17.8 Å². The number of carboxylic acids is 1. The molecule has 51 heavy (non-hydrogen) atoms. The number of rotatable bonds is 5. The number of hydrogen-bond acceptors (Lipinski definition) is 8. The zero-order valence-electron chi connectivity index (χ0n) is 30.8. The van der Waals surface area contributed by atoms with Crippen molar-refractivity contribution in [3.05, 3.63) is 47.5 Å². The molecule has 1 aromatic carbocycles. The number of Topliss-reactive ketones (excluding diaryl/α,β-unsaturated/α-hetero) is 1. The molecule has 12 heteroatoms. The number of nitrogens with zero attached hydrogens (tertiary/aromatic N) is 2. The van der Waals surface area contributed by atoms with Crippen LogP contribution in [0.25, 0.3) is 0 Å². The predicted octanol–water partition coefficient (Wildman–Crippen LogP) is 5.40. The van der Waals surface area contributed by atoms with E-state index in [2.05, 4.69) is 16.7 Å². The van der Waals surface area contributed by atoms with Crippen LogP contribution in [-0.4, -0.2) is 95.2 Å². The number of nitrogens with one attached hydrogen (secondary N) is 2. The van der Waals surface area contributed by atoms with Crippen LogP contribution in [-0.2, 0) is 30.3 Å². The highest BCUT2D eigenvalue weighted by Crippen LogP contribution is 2.46. The molecule has 2 unspecified atom stereocenters. The Hall–Kier alpha value is -3.93. The number of hydrogen-bond donors (Lipinski definition) is 3. The summed E-state index contributed by atoms with van der Waals surface area (Å²) in [5.74, 6) is -2.93. The Labute approximate surface area is 301 Å². The Balaban J connectivity index is 1.37. The summed E-state index contributed by atoms with van der Waals surface area (Å²) in [6.45, 7) is 6.39. The molecular formula is C39H56N4O8. The zero-order valence-corrected chi connectivity index (χ0v) is 30.8. The third-order valence-electron chi connectivity index (χ3n) is 10.6. The van der Waals surface area contributed by atoms with E-state index in [9.17, 15) is 29.1 Å². The van der Waals surface area contributed by atoms with Crippen molar-refractivity contribution < 1.29 is 38.6 Å². The molecule has 2 bridgehead atoms. The van der Waals surface area contributed by atoms with Gasteiger partial charge in [0, 0.05) is 31.3 Å². The number of ketones is 1. The van der Waals surface area contributed by atoms with E-state index in [1.54, 1.807) is 25.7 Å². The molecule has 2 aliphatic heterocycles. The highest BCUT2D eigenvalue weighted by molar-refractivity contribution is 5.92. The third kappa shape index (κ3) is 9.90. The van der Waals surface area contributed by atoms with Crippen molar-refractivity contribution in [3.63, 3.8) is 0 Å². The second kappa shape index (κ2) is 16.2. The van der Waals surface area contributed by atoms with Gasteiger partial charge in [-0.25, -0.2) is 14.4 Å². The first kappa shape index (κ1) is 38.3. The third-order valence-corrected chi connectivity index (χ3v) is 10.6. The second-order valence-corrected chi connectivity index (χ2v) is 16.2. The molecule has 0 radical (unpaired) electrons. The van der Waals surface area contributed by atoms with Gasteiger partial charge in [0.1, 0.15) is 17.2 Å². The SMILES string of the molecule is CN(C)CC1c2ccccc2CCN1C(=O)O[C@H]1CC2CC(=O)[C@@H](NC(=O)OC(C)(C)C)CCCCC/C=C\[C@@H]3C[C@@]3(C(=O)O)NC(=O)[C@@H](C2)C1. The molecule has 12 nitrogen and oxygen atoms in total. The first-order chi connectivity index (χ1) is 24.1. The Morgan fingerprint density at radius 2 is 1.84 bits per heavy atom. The maximum Gasteiger partial charge on any atom is 0.410 e. The number of allylic oxidation sites excluding steroid dienone is 1. The molecule has 3 N–H and O–H groups in total. The Morgan fingerprint density at radius 1 is 1.08 bits per heavy atom. The van der Waals surface area contributed by atoms with Crippen LogP contribution in [0.4, 0.5) is 9.59 Å². The smallest absolute Gasteiger partial charge is 0.410 e. The molecule has 0 aromatic heterocycles. The van der Waals surface area contributed by atoms with Crippen LogP contribution in [0.15, 0.2) is 36.4 Å². The lowest BCUT2D eigenvalue weighted by Crippen LogP contribution is -2.50. The van der Waals surface area contributed by atoms with Crippen LogP contribution >= 0.6 is 0 Å². The predicted molar refractivity (Wildman–Crippen MR) is 191 cm³/mol. The van der Waals surface area contributed by atoms with Crippen molar-refractivity contribution in [2.75, 3.05) is 27.2 Å². The van der Waals surface area contributed by atoms with E-state index >= 15 is 0 Å². The number of aliphatic carboxylic acids is 1. The summed E-state index contributed by atoms with van der Waals surface area (Å²) in [4.78, 5) is 70.7. The topological polar surface area (TPSA) is 155 Å². The van der Waals surface area contributed by atoms with Crippen LogP contribution in [0.1, 0.15) is 102 Å². The van der Waals surface area contributed by atoms with Crippen molar-refractivity contribution in [2.45, 2.75) is 121 Å². The van der Waals surface area contributed by atoms with Gasteiger partial charge in [-0.2, -0.15) is 0 Å². The highest BCUT2D eigenvalue weighted by atomic mass is 16.6. The summed E-state index contributed by atoms with van der Waals surface area (Å²) in [6.07, 6.45) is 7.67. The van der Waals surface area contributed by atoms with E-state index in [0.29, 0.717) is 51.6 Å². The fourth-order valence-electron chi connectivity index (χ4n) is 8.00. The lowest BCUT2D eigenvalue weighted by atomic mass is 9.76. The molecule has 4 aliphatic rings. The molecule has 5 rings (SSSR count). The number of fused-ring (bicyclic) bond motifs is 4. The highest BCUT2D eigenvalue weighted by Gasteiger charge is 2.61. The molecule has 3 amide bonds. The average Bonchev–Trinajstić information content (AvgIpc) is 3.75. The van der Waals surface area contributed by atoms with Crippen LogP contribution in [0.3, 0.4) is 0 Å². The Bertz CT molecular complexity index is 1490. The van der Waals surface area contributed by atoms with E-state index in [1.807, 2.05) is 49.3 Å². The lowest BCUT2D eigenvalue weighted by molar-refractivity contribution is -0.144. The molecule has 0 spiro atoms. The summed E-state index contributed by atoms with van der Waals surface area (Å²) in [5, 5.41) is 15.8. The lowest BCUT2D eigenvalue weighted by Gasteiger charge is -2.40. The standard InChI is InChI=1S/C39H56N4O8/c1-38(2,3)51-36(48)40-31-16-10-8-6-7-9-14-28-23-39(28,35(46)47)41-34(45)27-19-25(21-33(31)44)20-29(22-27)50-37(49)43-18-17-26-13-11-12-15-30(26)32(43)24-42(4)5/h9,11-15,25,27-29,31-32H,6-8,10,16-24H2,1-5H3,(H,40,48)(H,41,45)(H,46,47)/b14-9-/t25?,27-,28+,29-,31-,32?,39+/m0/s1. The number of likely N-dealkylation sites (N-methyl/N-ethyl adjacent to an activating group) is 1. The minimum absolute atomic E-state index is 0.0763. The van der Waals surface area contributed by atoms with Gasteiger partial charge in [0.05, 0.1) is 12.1 Å². The summed E-state index contributed by atoms with van der Waals surface area (Å²) >= 11 is 0. The number of ether oxygens (including phenoxy) is 2. The number of carboxylic acid groups (broad SMARTS) is 1. The number of alkyl carbamates (subject to hydrolysis) is 1. The average molecular weight is 709 g/mol. The number of carbonyl (C=O) groups excluding carboxylic acids is 4. The van der Waals surface area contributed by atoms with E-state index < -0.39 is 53.3 Å². The number of carbonyl (C=O) groups is 5. The van der Waals surface area contributed by atoms with Crippen LogP contribution < -0.4 is 10.6 Å². The van der Waals surface area contributed by atoms with Gasteiger partial charge in [0.25, 0.3) is 0 Å². The van der Waals surface area contributed by atoms with E-state index in [0.717, 1.165) is 24.8 Å². The quantitative estimate of drug-likeness (QED) is 0.341. The van der Waals surface area contributed by atoms with Gasteiger partial charge in [0.2, 0.25) is 5.91 Å². The van der Waals surface area contributed by atoms with Crippen LogP contribution in [0, 0.1) is 17.8 Å². The number of benzene rings is 1. The molecule has 7 atom stereocenters. The largest absolute Gasteiger partial charge is 0.479 e. The minimum Gasteiger partial charge on any atom is -0.479 e. The normalized spacial score (nSPS) is 30.9. The Morgan fingerprint density at radius 3 is 2.57 bits per heavy atom. The van der Waals surface area contributed by atoms with Crippen LogP contribution in [0.2, 0.25) is 0 Å². The molecule has 2 aliphatic carbocycles. The van der Waals surface area contributed by atoms with Crippen molar-refractivity contribution >= 4 is 29.8 Å². The van der Waals surface area contributed by atoms with Crippen molar-refractivity contribution in [1.82, 2.24) is 20.4 Å².